The van der Waals surface area contributed by atoms with Gasteiger partial charge in [0, 0.05) is 12.1 Å². The quantitative estimate of drug-likeness (QED) is 0.519. The van der Waals surface area contributed by atoms with E-state index in [0.717, 1.165) is 30.1 Å². The summed E-state index contributed by atoms with van der Waals surface area (Å²) >= 11 is 0. The molecule has 3 atom stereocenters. The molecule has 1 unspecified atom stereocenters. The summed E-state index contributed by atoms with van der Waals surface area (Å²) < 4.78 is 0. The number of nitrogens with one attached hydrogen (secondary N) is 1. The number of anilines is 1. The molecule has 0 aliphatic heterocycles. The zero-order valence-corrected chi connectivity index (χ0v) is 17.0. The predicted molar refractivity (Wildman–Crippen MR) is 111 cm³/mol. The first-order valence-corrected chi connectivity index (χ1v) is 9.89. The lowest BCUT2D eigenvalue weighted by atomic mass is 9.74. The van der Waals surface area contributed by atoms with E-state index >= 15 is 0 Å². The Morgan fingerprint density at radius 2 is 1.92 bits per heavy atom. The van der Waals surface area contributed by atoms with E-state index in [0.29, 0.717) is 12.1 Å². The Kier molecular flexibility index (Phi) is 7.06. The summed E-state index contributed by atoms with van der Waals surface area (Å²) in [4.78, 5) is 6.88. The van der Waals surface area contributed by atoms with Crippen molar-refractivity contribution in [3.8, 4) is 0 Å². The van der Waals surface area contributed by atoms with Gasteiger partial charge in [0.05, 0.1) is 18.0 Å². The standard InChI is InChI=1S/C22H37N3/c1-15(2)19-10-18(6)11-20(13-19)25(14-24-16(3)4)22-9-8-17(5)12-21(22)23-7/h8-9,12,15-16,18-20,24H,7,10-11,13-14H2,1-6H3/t18-,19?,20-/m1/s1. The number of benzene rings is 1. The highest BCUT2D eigenvalue weighted by molar-refractivity contribution is 5.70. The molecule has 1 aliphatic carbocycles. The van der Waals surface area contributed by atoms with Crippen molar-refractivity contribution in [1.82, 2.24) is 5.32 Å². The highest BCUT2D eigenvalue weighted by atomic mass is 15.3. The van der Waals surface area contributed by atoms with Gasteiger partial charge in [-0.1, -0.05) is 26.8 Å². The Morgan fingerprint density at radius 3 is 2.52 bits per heavy atom. The van der Waals surface area contributed by atoms with Crippen molar-refractivity contribution >= 4 is 18.1 Å². The largest absolute Gasteiger partial charge is 0.354 e. The van der Waals surface area contributed by atoms with E-state index in [-0.39, 0.29) is 0 Å². The second kappa shape index (κ2) is 8.84. The molecular formula is C22H37N3. The highest BCUT2D eigenvalue weighted by Crippen LogP contribution is 2.39. The third kappa shape index (κ3) is 5.31. The molecule has 140 valence electrons. The van der Waals surface area contributed by atoms with Crippen LogP contribution in [0.25, 0.3) is 0 Å². The molecule has 1 fully saturated rings. The molecule has 1 saturated carbocycles. The first kappa shape index (κ1) is 20.0. The van der Waals surface area contributed by atoms with E-state index in [1.54, 1.807) is 0 Å². The van der Waals surface area contributed by atoms with Crippen LogP contribution in [-0.4, -0.2) is 25.5 Å². The lowest BCUT2D eigenvalue weighted by Gasteiger charge is -2.43. The van der Waals surface area contributed by atoms with Crippen LogP contribution < -0.4 is 10.2 Å². The molecule has 1 N–H and O–H groups in total. The van der Waals surface area contributed by atoms with Crippen molar-refractivity contribution in [1.29, 1.82) is 0 Å². The van der Waals surface area contributed by atoms with Gasteiger partial charge >= 0.3 is 0 Å². The Morgan fingerprint density at radius 1 is 1.20 bits per heavy atom. The summed E-state index contributed by atoms with van der Waals surface area (Å²) in [6.07, 6.45) is 3.89. The van der Waals surface area contributed by atoms with Crippen LogP contribution >= 0.6 is 0 Å². The van der Waals surface area contributed by atoms with E-state index in [9.17, 15) is 0 Å². The van der Waals surface area contributed by atoms with Crippen LogP contribution in [0.5, 0.6) is 0 Å². The van der Waals surface area contributed by atoms with Crippen LogP contribution in [0, 0.1) is 24.7 Å². The maximum absolute atomic E-state index is 4.33. The average Bonchev–Trinajstić information content (AvgIpc) is 2.55. The summed E-state index contributed by atoms with van der Waals surface area (Å²) in [5.41, 5.74) is 3.46. The van der Waals surface area contributed by atoms with Crippen molar-refractivity contribution in [3.63, 3.8) is 0 Å². The van der Waals surface area contributed by atoms with Gasteiger partial charge in [-0.25, -0.2) is 0 Å². The number of hydrogen-bond donors (Lipinski definition) is 1. The van der Waals surface area contributed by atoms with Gasteiger partial charge in [0.15, 0.2) is 0 Å². The molecule has 3 nitrogen and oxygen atoms in total. The minimum absolute atomic E-state index is 0.468. The third-order valence-electron chi connectivity index (χ3n) is 5.62. The normalized spacial score (nSPS) is 23.9. The Labute approximate surface area is 154 Å². The number of hydrogen-bond acceptors (Lipinski definition) is 3. The zero-order chi connectivity index (χ0) is 18.6. The van der Waals surface area contributed by atoms with E-state index in [1.165, 1.54) is 30.5 Å². The molecule has 0 amide bonds. The lowest BCUT2D eigenvalue weighted by Crippen LogP contribution is -2.47. The summed E-state index contributed by atoms with van der Waals surface area (Å²) in [5, 5.41) is 3.63. The van der Waals surface area contributed by atoms with Gasteiger partial charge < -0.3 is 4.90 Å². The van der Waals surface area contributed by atoms with Crippen LogP contribution in [0.4, 0.5) is 11.4 Å². The second-order valence-corrected chi connectivity index (χ2v) is 8.61. The summed E-state index contributed by atoms with van der Waals surface area (Å²) in [6, 6.07) is 7.60. The van der Waals surface area contributed by atoms with Crippen LogP contribution in [0.3, 0.4) is 0 Å². The Bertz CT molecular complexity index is 564. The second-order valence-electron chi connectivity index (χ2n) is 8.61. The maximum atomic E-state index is 4.33. The SMILES string of the molecule is C=Nc1cc(C)ccc1N(CNC(C)C)[C@H]1CC(C(C)C)C[C@@H](C)C1. The summed E-state index contributed by atoms with van der Waals surface area (Å²) in [6.45, 7) is 18.4. The molecule has 3 heteroatoms. The third-order valence-corrected chi connectivity index (χ3v) is 5.62. The monoisotopic (exact) mass is 343 g/mol. The summed E-state index contributed by atoms with van der Waals surface area (Å²) in [7, 11) is 0. The highest BCUT2D eigenvalue weighted by Gasteiger charge is 2.32. The fourth-order valence-electron chi connectivity index (χ4n) is 4.11. The molecule has 25 heavy (non-hydrogen) atoms. The molecule has 2 rings (SSSR count). The van der Waals surface area contributed by atoms with Gasteiger partial charge in [-0.05, 0) is 82.2 Å². The van der Waals surface area contributed by atoms with E-state index in [2.05, 4.69) is 81.7 Å². The molecule has 1 aliphatic rings. The first-order valence-electron chi connectivity index (χ1n) is 9.89. The molecule has 0 bridgehead atoms. The van der Waals surface area contributed by atoms with Crippen molar-refractivity contribution in [3.05, 3.63) is 23.8 Å². The molecule has 0 spiro atoms. The molecule has 0 radical (unpaired) electrons. The van der Waals surface area contributed by atoms with Crippen LogP contribution in [0.2, 0.25) is 0 Å². The number of aliphatic imine (C=N–C) groups is 1. The lowest BCUT2D eigenvalue weighted by molar-refractivity contribution is 0.197. The van der Waals surface area contributed by atoms with Crippen LogP contribution in [-0.2, 0) is 0 Å². The fraction of sp³-hybridized carbons (Fsp3) is 0.682. The van der Waals surface area contributed by atoms with Crippen molar-refractivity contribution < 1.29 is 0 Å². The van der Waals surface area contributed by atoms with E-state index < -0.39 is 0 Å². The van der Waals surface area contributed by atoms with Gasteiger partial charge in [-0.15, -0.1) is 0 Å². The molecule has 0 saturated heterocycles. The maximum Gasteiger partial charge on any atom is 0.0858 e. The predicted octanol–water partition coefficient (Wildman–Crippen LogP) is 5.55. The minimum Gasteiger partial charge on any atom is -0.354 e. The van der Waals surface area contributed by atoms with E-state index in [1.807, 2.05) is 0 Å². The molecule has 0 heterocycles. The van der Waals surface area contributed by atoms with Crippen molar-refractivity contribution in [2.24, 2.45) is 22.7 Å². The molecule has 1 aromatic rings. The minimum atomic E-state index is 0.468. The first-order chi connectivity index (χ1) is 11.8. The smallest absolute Gasteiger partial charge is 0.0858 e. The number of nitrogens with zero attached hydrogens (tertiary/aromatic N) is 2. The number of aryl methyl sites for hydroxylation is 1. The van der Waals surface area contributed by atoms with Gasteiger partial charge in [-0.2, -0.15) is 0 Å². The fourth-order valence-corrected chi connectivity index (χ4v) is 4.11. The van der Waals surface area contributed by atoms with Crippen LogP contribution in [0.1, 0.15) is 59.4 Å². The van der Waals surface area contributed by atoms with Gasteiger partial charge in [0.1, 0.15) is 0 Å². The number of rotatable bonds is 7. The molecule has 1 aromatic carbocycles. The average molecular weight is 344 g/mol. The molecule has 0 aromatic heterocycles. The van der Waals surface area contributed by atoms with Crippen molar-refractivity contribution in [2.45, 2.75) is 72.9 Å². The van der Waals surface area contributed by atoms with E-state index in [4.69, 9.17) is 0 Å². The Balaban J connectivity index is 2.33. The van der Waals surface area contributed by atoms with Gasteiger partial charge in [0.25, 0.3) is 0 Å². The Hall–Kier alpha value is -1.35. The van der Waals surface area contributed by atoms with Gasteiger partial charge in [0.2, 0.25) is 0 Å². The topological polar surface area (TPSA) is 27.6 Å². The van der Waals surface area contributed by atoms with Crippen molar-refractivity contribution in [2.75, 3.05) is 11.6 Å². The van der Waals surface area contributed by atoms with Gasteiger partial charge in [-0.3, -0.25) is 10.3 Å². The summed E-state index contributed by atoms with van der Waals surface area (Å²) in [5.74, 6) is 2.33. The van der Waals surface area contributed by atoms with Crippen LogP contribution in [0.15, 0.2) is 23.2 Å². The zero-order valence-electron chi connectivity index (χ0n) is 17.0. The molecular weight excluding hydrogens is 306 g/mol.